The third kappa shape index (κ3) is 3.16. The predicted octanol–water partition coefficient (Wildman–Crippen LogP) is 3.16. The number of benzene rings is 2. The summed E-state index contributed by atoms with van der Waals surface area (Å²) in [6.07, 6.45) is 2.40. The lowest BCUT2D eigenvalue weighted by Crippen LogP contribution is -2.39. The lowest BCUT2D eigenvalue weighted by molar-refractivity contribution is -0.162. The number of hydrogen-bond acceptors (Lipinski definition) is 4. The van der Waals surface area contributed by atoms with Gasteiger partial charge in [-0.25, -0.2) is 4.79 Å². The van der Waals surface area contributed by atoms with Gasteiger partial charge in [0.25, 0.3) is 0 Å². The van der Waals surface area contributed by atoms with Gasteiger partial charge < -0.3 is 9.47 Å². The van der Waals surface area contributed by atoms with Crippen LogP contribution in [0.25, 0.3) is 0 Å². The van der Waals surface area contributed by atoms with Crippen LogP contribution in [0.1, 0.15) is 18.1 Å². The molecule has 3 rings (SSSR count). The van der Waals surface area contributed by atoms with E-state index in [0.717, 1.165) is 11.6 Å². The number of cyclic esters (lactones) is 1. The van der Waals surface area contributed by atoms with E-state index in [-0.39, 0.29) is 5.78 Å². The summed E-state index contributed by atoms with van der Waals surface area (Å²) in [6.45, 7) is 2.06. The van der Waals surface area contributed by atoms with Gasteiger partial charge in [0, 0.05) is 11.6 Å². The zero-order valence-electron chi connectivity index (χ0n) is 12.7. The first-order valence-electron chi connectivity index (χ1n) is 7.31. The van der Waals surface area contributed by atoms with E-state index in [2.05, 4.69) is 0 Å². The Bertz CT molecular complexity index is 747. The Morgan fingerprint density at radius 3 is 2.35 bits per heavy atom. The van der Waals surface area contributed by atoms with Crippen LogP contribution in [0.3, 0.4) is 0 Å². The molecule has 0 amide bonds. The van der Waals surface area contributed by atoms with E-state index in [9.17, 15) is 9.59 Å². The van der Waals surface area contributed by atoms with Crippen LogP contribution < -0.4 is 4.74 Å². The Labute approximate surface area is 134 Å². The highest BCUT2D eigenvalue weighted by molar-refractivity contribution is 6.05. The lowest BCUT2D eigenvalue weighted by Gasteiger charge is -2.29. The van der Waals surface area contributed by atoms with E-state index in [0.29, 0.717) is 17.9 Å². The van der Waals surface area contributed by atoms with Crippen LogP contribution in [0.15, 0.2) is 66.7 Å². The molecule has 23 heavy (non-hydrogen) atoms. The molecule has 4 nitrogen and oxygen atoms in total. The SMILES string of the molecule is CC1(c2ccc(OCc3ccccc3)cc2)OC(=O)C=CC1=O. The van der Waals surface area contributed by atoms with Crippen LogP contribution in [0.4, 0.5) is 0 Å². The van der Waals surface area contributed by atoms with Crippen LogP contribution in [-0.2, 0) is 26.5 Å². The Morgan fingerprint density at radius 1 is 0.957 bits per heavy atom. The minimum absolute atomic E-state index is 0.255. The molecule has 116 valence electrons. The van der Waals surface area contributed by atoms with Crippen LogP contribution in [-0.4, -0.2) is 11.8 Å². The van der Waals surface area contributed by atoms with Gasteiger partial charge in [-0.2, -0.15) is 0 Å². The number of ether oxygens (including phenoxy) is 2. The standard InChI is InChI=1S/C19H16O4/c1-19(17(20)11-12-18(21)23-19)15-7-9-16(10-8-15)22-13-14-5-3-2-4-6-14/h2-12H,13H2,1H3. The highest BCUT2D eigenvalue weighted by Gasteiger charge is 2.39. The maximum Gasteiger partial charge on any atom is 0.332 e. The zero-order chi connectivity index (χ0) is 16.3. The smallest absolute Gasteiger partial charge is 0.332 e. The van der Waals surface area contributed by atoms with Crippen molar-refractivity contribution in [2.45, 2.75) is 19.1 Å². The van der Waals surface area contributed by atoms with E-state index in [1.807, 2.05) is 30.3 Å². The fourth-order valence-corrected chi connectivity index (χ4v) is 2.40. The molecule has 0 bridgehead atoms. The van der Waals surface area contributed by atoms with Gasteiger partial charge in [-0.05, 0) is 30.7 Å². The Morgan fingerprint density at radius 2 is 1.65 bits per heavy atom. The van der Waals surface area contributed by atoms with E-state index in [4.69, 9.17) is 9.47 Å². The molecule has 1 heterocycles. The van der Waals surface area contributed by atoms with E-state index >= 15 is 0 Å². The van der Waals surface area contributed by atoms with Crippen molar-refractivity contribution in [3.63, 3.8) is 0 Å². The molecule has 0 aliphatic carbocycles. The van der Waals surface area contributed by atoms with Gasteiger partial charge in [-0.15, -0.1) is 0 Å². The Kier molecular flexibility index (Phi) is 3.98. The lowest BCUT2D eigenvalue weighted by atomic mass is 9.89. The number of hydrogen-bond donors (Lipinski definition) is 0. The summed E-state index contributed by atoms with van der Waals surface area (Å²) in [4.78, 5) is 23.5. The molecule has 0 spiro atoms. The molecular formula is C19H16O4. The van der Waals surface area contributed by atoms with Gasteiger partial charge in [-0.3, -0.25) is 4.79 Å². The maximum atomic E-state index is 12.1. The molecule has 4 heteroatoms. The first-order valence-corrected chi connectivity index (χ1v) is 7.31. The number of carbonyl (C=O) groups excluding carboxylic acids is 2. The van der Waals surface area contributed by atoms with Crippen molar-refractivity contribution in [3.05, 3.63) is 77.9 Å². The number of carbonyl (C=O) groups is 2. The van der Waals surface area contributed by atoms with Crippen molar-refractivity contribution in [3.8, 4) is 5.75 Å². The molecule has 0 saturated heterocycles. The van der Waals surface area contributed by atoms with Gasteiger partial charge >= 0.3 is 5.97 Å². The fraction of sp³-hybridized carbons (Fsp3) is 0.158. The summed E-state index contributed by atoms with van der Waals surface area (Å²) in [6, 6.07) is 16.9. The molecular weight excluding hydrogens is 292 g/mol. The minimum atomic E-state index is -1.27. The predicted molar refractivity (Wildman–Crippen MR) is 84.8 cm³/mol. The summed E-state index contributed by atoms with van der Waals surface area (Å²) < 4.78 is 10.9. The van der Waals surface area contributed by atoms with Crippen molar-refractivity contribution < 1.29 is 19.1 Å². The average Bonchev–Trinajstić information content (AvgIpc) is 2.58. The van der Waals surface area contributed by atoms with Gasteiger partial charge in [-0.1, -0.05) is 42.5 Å². The van der Waals surface area contributed by atoms with E-state index in [1.165, 1.54) is 6.08 Å². The van der Waals surface area contributed by atoms with Gasteiger partial charge in [0.2, 0.25) is 5.78 Å². The summed E-state index contributed by atoms with van der Waals surface area (Å²) in [7, 11) is 0. The third-order valence-corrected chi connectivity index (χ3v) is 3.80. The minimum Gasteiger partial charge on any atom is -0.489 e. The molecule has 2 aromatic carbocycles. The largest absolute Gasteiger partial charge is 0.489 e. The quantitative estimate of drug-likeness (QED) is 0.814. The summed E-state index contributed by atoms with van der Waals surface area (Å²) in [5, 5.41) is 0. The molecule has 1 atom stereocenters. The molecule has 0 saturated carbocycles. The summed E-state index contributed by atoms with van der Waals surface area (Å²) in [5.41, 5.74) is 0.418. The second-order valence-corrected chi connectivity index (χ2v) is 5.45. The van der Waals surface area contributed by atoms with Crippen molar-refractivity contribution in [1.29, 1.82) is 0 Å². The number of rotatable bonds is 4. The molecule has 0 radical (unpaired) electrons. The molecule has 1 aliphatic rings. The summed E-state index contributed by atoms with van der Waals surface area (Å²) >= 11 is 0. The maximum absolute atomic E-state index is 12.1. The molecule has 1 unspecified atom stereocenters. The first kappa shape index (κ1) is 15.0. The monoisotopic (exact) mass is 308 g/mol. The van der Waals surface area contributed by atoms with Crippen LogP contribution in [0, 0.1) is 0 Å². The average molecular weight is 308 g/mol. The van der Waals surface area contributed by atoms with Crippen molar-refractivity contribution in [2.24, 2.45) is 0 Å². The van der Waals surface area contributed by atoms with Gasteiger partial charge in [0.15, 0.2) is 5.60 Å². The van der Waals surface area contributed by atoms with Crippen LogP contribution >= 0.6 is 0 Å². The fourth-order valence-electron chi connectivity index (χ4n) is 2.40. The van der Waals surface area contributed by atoms with E-state index < -0.39 is 11.6 Å². The third-order valence-electron chi connectivity index (χ3n) is 3.80. The summed E-state index contributed by atoms with van der Waals surface area (Å²) in [5.74, 6) is -0.0853. The molecule has 2 aromatic rings. The van der Waals surface area contributed by atoms with Crippen molar-refractivity contribution in [2.75, 3.05) is 0 Å². The topological polar surface area (TPSA) is 52.6 Å². The molecule has 0 N–H and O–H groups in total. The Balaban J connectivity index is 1.73. The van der Waals surface area contributed by atoms with Crippen molar-refractivity contribution >= 4 is 11.8 Å². The number of esters is 1. The normalized spacial score (nSPS) is 20.2. The molecule has 0 aromatic heterocycles. The molecule has 1 aliphatic heterocycles. The Hall–Kier alpha value is -2.88. The van der Waals surface area contributed by atoms with Crippen LogP contribution in [0.5, 0.6) is 5.75 Å². The van der Waals surface area contributed by atoms with E-state index in [1.54, 1.807) is 31.2 Å². The highest BCUT2D eigenvalue weighted by atomic mass is 16.6. The second-order valence-electron chi connectivity index (χ2n) is 5.45. The van der Waals surface area contributed by atoms with Crippen molar-refractivity contribution in [1.82, 2.24) is 0 Å². The zero-order valence-corrected chi connectivity index (χ0v) is 12.7. The number of ketones is 1. The second kappa shape index (κ2) is 6.08. The highest BCUT2D eigenvalue weighted by Crippen LogP contribution is 2.31. The van der Waals surface area contributed by atoms with Gasteiger partial charge in [0.1, 0.15) is 12.4 Å². The van der Waals surface area contributed by atoms with Gasteiger partial charge in [0.05, 0.1) is 0 Å². The first-order chi connectivity index (χ1) is 11.1. The van der Waals surface area contributed by atoms with Crippen LogP contribution in [0.2, 0.25) is 0 Å². The molecule has 0 fully saturated rings.